The van der Waals surface area contributed by atoms with Crippen molar-refractivity contribution in [2.45, 2.75) is 18.9 Å². The average Bonchev–Trinajstić information content (AvgIpc) is 2.71. The lowest BCUT2D eigenvalue weighted by Gasteiger charge is -2.23. The van der Waals surface area contributed by atoms with Crippen molar-refractivity contribution in [1.82, 2.24) is 10.3 Å². The molecule has 0 saturated carbocycles. The molecule has 0 bridgehead atoms. The van der Waals surface area contributed by atoms with Crippen LogP contribution in [-0.4, -0.2) is 36.4 Å². The van der Waals surface area contributed by atoms with Crippen molar-refractivity contribution in [3.8, 4) is 0 Å². The van der Waals surface area contributed by atoms with Gasteiger partial charge in [-0.2, -0.15) is 0 Å². The lowest BCUT2D eigenvalue weighted by atomic mass is 10.0. The second kappa shape index (κ2) is 4.80. The number of hydrogen-bond donors (Lipinski definition) is 1. The summed E-state index contributed by atoms with van der Waals surface area (Å²) in [5.74, 6) is -0.228. The number of para-hydroxylation sites is 1. The van der Waals surface area contributed by atoms with E-state index < -0.39 is 15.4 Å². The second-order valence-corrected chi connectivity index (χ2v) is 7.93. The summed E-state index contributed by atoms with van der Waals surface area (Å²) in [6, 6.07) is 11.0. The molecule has 0 unspecified atom stereocenters. The van der Waals surface area contributed by atoms with E-state index in [2.05, 4.69) is 10.3 Å². The molecule has 2 aromatic rings. The van der Waals surface area contributed by atoms with Crippen LogP contribution >= 0.6 is 0 Å². The monoisotopic (exact) mass is 304 g/mol. The highest BCUT2D eigenvalue weighted by atomic mass is 32.2. The smallest absolute Gasteiger partial charge is 0.270 e. The van der Waals surface area contributed by atoms with Crippen LogP contribution in [0.25, 0.3) is 10.9 Å². The van der Waals surface area contributed by atoms with E-state index in [9.17, 15) is 13.2 Å². The average molecular weight is 304 g/mol. The first kappa shape index (κ1) is 14.0. The molecule has 21 heavy (non-hydrogen) atoms. The SMILES string of the molecule is C[C@@]1(NC(=O)c2ccc3ccccc3n2)CCS(=O)(=O)C1. The van der Waals surface area contributed by atoms with Crippen LogP contribution in [0.1, 0.15) is 23.8 Å². The molecule has 1 fully saturated rings. The van der Waals surface area contributed by atoms with Crippen molar-refractivity contribution in [2.75, 3.05) is 11.5 Å². The van der Waals surface area contributed by atoms with E-state index in [4.69, 9.17) is 0 Å². The first-order valence-electron chi connectivity index (χ1n) is 6.76. The summed E-state index contributed by atoms with van der Waals surface area (Å²) in [6.07, 6.45) is 0.439. The van der Waals surface area contributed by atoms with Gasteiger partial charge in [0.15, 0.2) is 9.84 Å². The van der Waals surface area contributed by atoms with Gasteiger partial charge in [0.2, 0.25) is 0 Å². The number of nitrogens with one attached hydrogen (secondary N) is 1. The van der Waals surface area contributed by atoms with Gasteiger partial charge in [0.1, 0.15) is 5.69 Å². The van der Waals surface area contributed by atoms with Crippen molar-refractivity contribution in [3.63, 3.8) is 0 Å². The number of nitrogens with zero attached hydrogens (tertiary/aromatic N) is 1. The maximum absolute atomic E-state index is 12.3. The molecule has 0 spiro atoms. The normalized spacial score (nSPS) is 24.0. The van der Waals surface area contributed by atoms with Gasteiger partial charge in [0.25, 0.3) is 5.91 Å². The molecule has 1 atom stereocenters. The zero-order valence-electron chi connectivity index (χ0n) is 11.7. The highest BCUT2D eigenvalue weighted by molar-refractivity contribution is 7.91. The van der Waals surface area contributed by atoms with Gasteiger partial charge in [0.05, 0.1) is 22.6 Å². The number of sulfone groups is 1. The third-order valence-electron chi connectivity index (χ3n) is 3.75. The molecule has 1 saturated heterocycles. The van der Waals surface area contributed by atoms with E-state index in [0.717, 1.165) is 10.9 Å². The van der Waals surface area contributed by atoms with Gasteiger partial charge in [-0.15, -0.1) is 0 Å². The number of fused-ring (bicyclic) bond motifs is 1. The fourth-order valence-corrected chi connectivity index (χ4v) is 4.73. The lowest BCUT2D eigenvalue weighted by Crippen LogP contribution is -2.47. The molecule has 1 aromatic heterocycles. The fourth-order valence-electron chi connectivity index (χ4n) is 2.64. The number of carbonyl (C=O) groups excluding carboxylic acids is 1. The van der Waals surface area contributed by atoms with Crippen LogP contribution in [0.15, 0.2) is 36.4 Å². The first-order chi connectivity index (χ1) is 9.87. The number of benzene rings is 1. The second-order valence-electron chi connectivity index (χ2n) is 5.75. The van der Waals surface area contributed by atoms with Crippen LogP contribution in [0.5, 0.6) is 0 Å². The zero-order chi connectivity index (χ0) is 15.1. The topological polar surface area (TPSA) is 76.1 Å². The molecule has 3 rings (SSSR count). The third-order valence-corrected chi connectivity index (χ3v) is 5.65. The Balaban J connectivity index is 1.84. The summed E-state index contributed by atoms with van der Waals surface area (Å²) in [4.78, 5) is 16.6. The quantitative estimate of drug-likeness (QED) is 0.913. The van der Waals surface area contributed by atoms with E-state index in [1.807, 2.05) is 30.3 Å². The van der Waals surface area contributed by atoms with Gasteiger partial charge in [0, 0.05) is 5.39 Å². The Labute approximate surface area is 123 Å². The van der Waals surface area contributed by atoms with Gasteiger partial charge >= 0.3 is 0 Å². The van der Waals surface area contributed by atoms with Crippen LogP contribution in [0.2, 0.25) is 0 Å². The summed E-state index contributed by atoms with van der Waals surface area (Å²) in [5, 5.41) is 3.77. The third kappa shape index (κ3) is 2.90. The number of pyridine rings is 1. The zero-order valence-corrected chi connectivity index (χ0v) is 12.5. The molecule has 1 aliphatic heterocycles. The molecular weight excluding hydrogens is 288 g/mol. The summed E-state index contributed by atoms with van der Waals surface area (Å²) < 4.78 is 23.1. The Bertz CT molecular complexity index is 817. The van der Waals surface area contributed by atoms with E-state index in [0.29, 0.717) is 12.1 Å². The Morgan fingerprint density at radius 1 is 1.24 bits per heavy atom. The number of aromatic nitrogens is 1. The van der Waals surface area contributed by atoms with Crippen molar-refractivity contribution < 1.29 is 13.2 Å². The number of rotatable bonds is 2. The molecule has 2 heterocycles. The molecule has 0 radical (unpaired) electrons. The van der Waals surface area contributed by atoms with E-state index in [-0.39, 0.29) is 17.4 Å². The standard InChI is InChI=1S/C15H16N2O3S/c1-15(8-9-21(19,20)10-15)17-14(18)13-7-6-11-4-2-3-5-12(11)16-13/h2-7H,8-10H2,1H3,(H,17,18)/t15-/m1/s1. The molecule has 1 N–H and O–H groups in total. The Morgan fingerprint density at radius 2 is 2.00 bits per heavy atom. The minimum Gasteiger partial charge on any atom is -0.344 e. The number of amides is 1. The van der Waals surface area contributed by atoms with Crippen LogP contribution in [0.4, 0.5) is 0 Å². The lowest BCUT2D eigenvalue weighted by molar-refractivity contribution is 0.0910. The van der Waals surface area contributed by atoms with Gasteiger partial charge in [-0.25, -0.2) is 13.4 Å². The van der Waals surface area contributed by atoms with Crippen molar-refractivity contribution in [3.05, 3.63) is 42.1 Å². The Hall–Kier alpha value is -1.95. The van der Waals surface area contributed by atoms with Crippen LogP contribution in [-0.2, 0) is 9.84 Å². The minimum atomic E-state index is -3.05. The Morgan fingerprint density at radius 3 is 2.71 bits per heavy atom. The highest BCUT2D eigenvalue weighted by Gasteiger charge is 2.39. The van der Waals surface area contributed by atoms with Gasteiger partial charge in [-0.05, 0) is 25.5 Å². The molecule has 0 aliphatic carbocycles. The molecule has 5 nitrogen and oxygen atoms in total. The molecule has 6 heteroatoms. The molecule has 1 aliphatic rings. The highest BCUT2D eigenvalue weighted by Crippen LogP contribution is 2.23. The molecule has 1 amide bonds. The van der Waals surface area contributed by atoms with Crippen LogP contribution in [0.3, 0.4) is 0 Å². The minimum absolute atomic E-state index is 0.0146. The molecule has 110 valence electrons. The Kier molecular flexibility index (Phi) is 3.20. The van der Waals surface area contributed by atoms with Crippen LogP contribution in [0, 0.1) is 0 Å². The van der Waals surface area contributed by atoms with Crippen LogP contribution < -0.4 is 5.32 Å². The first-order valence-corrected chi connectivity index (χ1v) is 8.58. The van der Waals surface area contributed by atoms with Gasteiger partial charge in [-0.3, -0.25) is 4.79 Å². The van der Waals surface area contributed by atoms with Crippen molar-refractivity contribution in [1.29, 1.82) is 0 Å². The maximum atomic E-state index is 12.3. The summed E-state index contributed by atoms with van der Waals surface area (Å²) in [6.45, 7) is 1.76. The molecular formula is C15H16N2O3S. The summed E-state index contributed by atoms with van der Waals surface area (Å²) in [7, 11) is -3.05. The predicted molar refractivity (Wildman–Crippen MR) is 80.9 cm³/mol. The van der Waals surface area contributed by atoms with Crippen molar-refractivity contribution in [2.24, 2.45) is 0 Å². The summed E-state index contributed by atoms with van der Waals surface area (Å²) in [5.41, 5.74) is 0.344. The summed E-state index contributed by atoms with van der Waals surface area (Å²) >= 11 is 0. The number of hydrogen-bond acceptors (Lipinski definition) is 4. The van der Waals surface area contributed by atoms with Gasteiger partial charge in [-0.1, -0.05) is 24.3 Å². The maximum Gasteiger partial charge on any atom is 0.270 e. The van der Waals surface area contributed by atoms with E-state index in [1.165, 1.54) is 0 Å². The van der Waals surface area contributed by atoms with E-state index in [1.54, 1.807) is 13.0 Å². The molecule has 1 aromatic carbocycles. The van der Waals surface area contributed by atoms with E-state index >= 15 is 0 Å². The largest absolute Gasteiger partial charge is 0.344 e. The number of carbonyl (C=O) groups is 1. The fraction of sp³-hybridized carbons (Fsp3) is 0.333. The van der Waals surface area contributed by atoms with Gasteiger partial charge < -0.3 is 5.32 Å². The predicted octanol–water partition coefficient (Wildman–Crippen LogP) is 1.54. The van der Waals surface area contributed by atoms with Crippen molar-refractivity contribution >= 4 is 26.6 Å².